The summed E-state index contributed by atoms with van der Waals surface area (Å²) in [6.07, 6.45) is 0.946. The molecule has 0 bridgehead atoms. The van der Waals surface area contributed by atoms with Gasteiger partial charge in [0.2, 0.25) is 0 Å². The van der Waals surface area contributed by atoms with Crippen LogP contribution in [0.5, 0.6) is 5.75 Å². The predicted octanol–water partition coefficient (Wildman–Crippen LogP) is 4.31. The molecule has 0 aliphatic carbocycles. The second-order valence-electron chi connectivity index (χ2n) is 10.4. The molecule has 0 atom stereocenters. The van der Waals surface area contributed by atoms with E-state index in [-0.39, 0.29) is 12.0 Å². The Morgan fingerprint density at radius 1 is 1.09 bits per heavy atom. The van der Waals surface area contributed by atoms with E-state index in [1.807, 2.05) is 59.7 Å². The molecular formula is C25H39N3O5. The third kappa shape index (κ3) is 8.96. The zero-order chi connectivity index (χ0) is 24.8. The van der Waals surface area contributed by atoms with E-state index in [0.29, 0.717) is 45.1 Å². The van der Waals surface area contributed by atoms with E-state index in [9.17, 15) is 9.59 Å². The number of amides is 2. The second kappa shape index (κ2) is 10.9. The van der Waals surface area contributed by atoms with E-state index >= 15 is 0 Å². The van der Waals surface area contributed by atoms with Gasteiger partial charge in [-0.15, -0.1) is 0 Å². The first-order valence-electron chi connectivity index (χ1n) is 11.3. The van der Waals surface area contributed by atoms with Gasteiger partial charge >= 0.3 is 12.2 Å². The summed E-state index contributed by atoms with van der Waals surface area (Å²) >= 11 is 0. The minimum Gasteiger partial charge on any atom is -0.490 e. The van der Waals surface area contributed by atoms with Gasteiger partial charge in [0.1, 0.15) is 23.6 Å². The lowest BCUT2D eigenvalue weighted by Gasteiger charge is -2.42. The maximum absolute atomic E-state index is 13.0. The number of rotatable bonds is 8. The van der Waals surface area contributed by atoms with E-state index in [2.05, 4.69) is 6.58 Å². The van der Waals surface area contributed by atoms with Crippen LogP contribution in [0.1, 0.15) is 52.7 Å². The monoisotopic (exact) mass is 461 g/mol. The van der Waals surface area contributed by atoms with Crippen LogP contribution < -0.4 is 10.5 Å². The smallest absolute Gasteiger partial charge is 0.410 e. The van der Waals surface area contributed by atoms with Gasteiger partial charge in [0.15, 0.2) is 0 Å². The van der Waals surface area contributed by atoms with Gasteiger partial charge in [0.05, 0.1) is 0 Å². The molecule has 0 aromatic heterocycles. The molecule has 1 aliphatic rings. The van der Waals surface area contributed by atoms with Crippen LogP contribution >= 0.6 is 0 Å². The predicted molar refractivity (Wildman–Crippen MR) is 128 cm³/mol. The Hall–Kier alpha value is -2.74. The third-order valence-electron chi connectivity index (χ3n) is 4.74. The lowest BCUT2D eigenvalue weighted by Crippen LogP contribution is -2.55. The Labute approximate surface area is 197 Å². The highest BCUT2D eigenvalue weighted by Crippen LogP contribution is 2.24. The average Bonchev–Trinajstić information content (AvgIpc) is 2.64. The van der Waals surface area contributed by atoms with Gasteiger partial charge < -0.3 is 29.7 Å². The van der Waals surface area contributed by atoms with E-state index < -0.39 is 17.3 Å². The van der Waals surface area contributed by atoms with Crippen LogP contribution in [-0.2, 0) is 22.6 Å². The fourth-order valence-corrected chi connectivity index (χ4v) is 3.40. The van der Waals surface area contributed by atoms with Crippen molar-refractivity contribution in [3.8, 4) is 5.75 Å². The Morgan fingerprint density at radius 3 is 2.24 bits per heavy atom. The van der Waals surface area contributed by atoms with Crippen molar-refractivity contribution in [2.75, 3.05) is 26.2 Å². The average molecular weight is 462 g/mol. The molecule has 2 N–H and O–H groups in total. The van der Waals surface area contributed by atoms with Crippen molar-refractivity contribution in [3.63, 3.8) is 0 Å². The number of carbonyl (C=O) groups excluding carboxylic acids is 2. The molecule has 1 heterocycles. The largest absolute Gasteiger partial charge is 0.490 e. The van der Waals surface area contributed by atoms with Gasteiger partial charge in [0, 0.05) is 38.6 Å². The van der Waals surface area contributed by atoms with E-state index in [1.165, 1.54) is 0 Å². The fraction of sp³-hybridized carbons (Fsp3) is 0.600. The molecule has 33 heavy (non-hydrogen) atoms. The number of carbonyl (C=O) groups is 2. The molecule has 0 radical (unpaired) electrons. The first-order valence-corrected chi connectivity index (χ1v) is 11.3. The molecule has 184 valence electrons. The molecule has 1 aromatic carbocycles. The van der Waals surface area contributed by atoms with Gasteiger partial charge in [0.25, 0.3) is 0 Å². The SMILES string of the molecule is C=CCOc1cc(CN)cc(CN(CC2CN(C(=O)OC(C)(C)C)C2)C(=O)OC(C)(C)C)c1. The van der Waals surface area contributed by atoms with Gasteiger partial charge in [-0.1, -0.05) is 18.7 Å². The minimum atomic E-state index is -0.616. The number of nitrogens with zero attached hydrogens (tertiary/aromatic N) is 2. The first kappa shape index (κ1) is 26.5. The van der Waals surface area contributed by atoms with Crippen LogP contribution in [0.25, 0.3) is 0 Å². The first-order chi connectivity index (χ1) is 15.3. The van der Waals surface area contributed by atoms with E-state index in [4.69, 9.17) is 19.9 Å². The number of ether oxygens (including phenoxy) is 3. The maximum Gasteiger partial charge on any atom is 0.410 e. The lowest BCUT2D eigenvalue weighted by atomic mass is 9.99. The Bertz CT molecular complexity index is 835. The van der Waals surface area contributed by atoms with Crippen molar-refractivity contribution in [1.29, 1.82) is 0 Å². The lowest BCUT2D eigenvalue weighted by molar-refractivity contribution is -0.0123. The summed E-state index contributed by atoms with van der Waals surface area (Å²) in [5.74, 6) is 0.816. The highest BCUT2D eigenvalue weighted by molar-refractivity contribution is 5.70. The van der Waals surface area contributed by atoms with Crippen LogP contribution in [-0.4, -0.2) is 59.4 Å². The normalized spacial score (nSPS) is 14.3. The Morgan fingerprint density at radius 2 is 1.70 bits per heavy atom. The summed E-state index contributed by atoms with van der Waals surface area (Å²) in [7, 11) is 0. The van der Waals surface area contributed by atoms with Crippen molar-refractivity contribution < 1.29 is 23.8 Å². The number of likely N-dealkylation sites (tertiary alicyclic amines) is 1. The molecule has 0 unspecified atom stereocenters. The molecule has 1 aliphatic heterocycles. The topological polar surface area (TPSA) is 94.3 Å². The molecule has 2 amide bonds. The molecule has 1 fully saturated rings. The number of nitrogens with two attached hydrogens (primary N) is 1. The Kier molecular flexibility index (Phi) is 8.77. The number of hydrogen-bond acceptors (Lipinski definition) is 6. The maximum atomic E-state index is 13.0. The van der Waals surface area contributed by atoms with Crippen molar-refractivity contribution >= 4 is 12.2 Å². The van der Waals surface area contributed by atoms with Crippen LogP contribution in [0.2, 0.25) is 0 Å². The number of hydrogen-bond donors (Lipinski definition) is 1. The highest BCUT2D eigenvalue weighted by atomic mass is 16.6. The summed E-state index contributed by atoms with van der Waals surface area (Å²) in [6.45, 7) is 17.3. The van der Waals surface area contributed by atoms with Gasteiger partial charge in [-0.25, -0.2) is 9.59 Å². The zero-order valence-electron chi connectivity index (χ0n) is 20.8. The third-order valence-corrected chi connectivity index (χ3v) is 4.74. The standard InChI is InChI=1S/C25H39N3O5/c1-8-9-31-21-11-18(13-26)10-19(12-21)14-27(22(29)32-24(2,3)4)15-20-16-28(17-20)23(30)33-25(5,6)7/h8,10-12,20H,1,9,13-17,26H2,2-7H3. The van der Waals surface area contributed by atoms with Gasteiger partial charge in [-0.05, 0) is 64.8 Å². The Balaban J connectivity index is 2.12. The fourth-order valence-electron chi connectivity index (χ4n) is 3.40. The van der Waals surface area contributed by atoms with Crippen LogP contribution in [0.3, 0.4) is 0 Å². The summed E-state index contributed by atoms with van der Waals surface area (Å²) in [5, 5.41) is 0. The summed E-state index contributed by atoms with van der Waals surface area (Å²) < 4.78 is 16.8. The minimum absolute atomic E-state index is 0.138. The molecule has 8 heteroatoms. The molecule has 1 aromatic rings. The van der Waals surface area contributed by atoms with Crippen LogP contribution in [0.4, 0.5) is 9.59 Å². The van der Waals surface area contributed by atoms with Crippen molar-refractivity contribution in [3.05, 3.63) is 42.0 Å². The summed E-state index contributed by atoms with van der Waals surface area (Å²) in [6, 6.07) is 5.75. The van der Waals surface area contributed by atoms with Crippen molar-refractivity contribution in [2.45, 2.75) is 65.8 Å². The highest BCUT2D eigenvalue weighted by Gasteiger charge is 2.36. The van der Waals surface area contributed by atoms with Crippen LogP contribution in [0.15, 0.2) is 30.9 Å². The quantitative estimate of drug-likeness (QED) is 0.580. The zero-order valence-corrected chi connectivity index (χ0v) is 20.8. The molecule has 8 nitrogen and oxygen atoms in total. The molecular weight excluding hydrogens is 422 g/mol. The second-order valence-corrected chi connectivity index (χ2v) is 10.4. The van der Waals surface area contributed by atoms with Crippen molar-refractivity contribution in [2.24, 2.45) is 11.7 Å². The van der Waals surface area contributed by atoms with Crippen molar-refractivity contribution in [1.82, 2.24) is 9.80 Å². The van der Waals surface area contributed by atoms with Crippen LogP contribution in [0, 0.1) is 5.92 Å². The number of benzene rings is 1. The molecule has 0 saturated carbocycles. The summed E-state index contributed by atoms with van der Waals surface area (Å²) in [5.41, 5.74) is 6.51. The van der Waals surface area contributed by atoms with E-state index in [1.54, 1.807) is 15.9 Å². The van der Waals surface area contributed by atoms with E-state index in [0.717, 1.165) is 11.1 Å². The molecule has 0 spiro atoms. The molecule has 2 rings (SSSR count). The molecule has 1 saturated heterocycles. The van der Waals surface area contributed by atoms with Gasteiger partial charge in [-0.3, -0.25) is 0 Å². The van der Waals surface area contributed by atoms with Gasteiger partial charge in [-0.2, -0.15) is 0 Å². The summed E-state index contributed by atoms with van der Waals surface area (Å²) in [4.78, 5) is 28.6.